The number of piperidine rings is 1. The molecule has 0 aromatic heterocycles. The third-order valence-corrected chi connectivity index (χ3v) is 3.92. The Kier molecular flexibility index (Phi) is 5.44. The number of carboxylic acid groups (broad SMARTS) is 1. The molecule has 1 heterocycles. The molecule has 5 nitrogen and oxygen atoms in total. The summed E-state index contributed by atoms with van der Waals surface area (Å²) in [5, 5.41) is 8.93. The van der Waals surface area contributed by atoms with E-state index < -0.39 is 6.09 Å². The van der Waals surface area contributed by atoms with Gasteiger partial charge in [-0.2, -0.15) is 0 Å². The summed E-state index contributed by atoms with van der Waals surface area (Å²) >= 11 is 0. The summed E-state index contributed by atoms with van der Waals surface area (Å²) in [6.45, 7) is 7.61. The van der Waals surface area contributed by atoms with Gasteiger partial charge >= 0.3 is 6.09 Å². The minimum atomic E-state index is -0.833. The van der Waals surface area contributed by atoms with Crippen LogP contribution < -0.4 is 0 Å². The van der Waals surface area contributed by atoms with Gasteiger partial charge < -0.3 is 14.9 Å². The van der Waals surface area contributed by atoms with E-state index in [2.05, 4.69) is 6.92 Å². The van der Waals surface area contributed by atoms with Crippen molar-refractivity contribution in [3.05, 3.63) is 0 Å². The van der Waals surface area contributed by atoms with Crippen molar-refractivity contribution in [3.63, 3.8) is 0 Å². The second-order valence-electron chi connectivity index (χ2n) is 4.89. The van der Waals surface area contributed by atoms with Crippen LogP contribution in [0.2, 0.25) is 0 Å². The van der Waals surface area contributed by atoms with Crippen molar-refractivity contribution in [1.82, 2.24) is 9.80 Å². The van der Waals surface area contributed by atoms with Crippen LogP contribution in [0.5, 0.6) is 0 Å². The third-order valence-electron chi connectivity index (χ3n) is 3.92. The maximum absolute atomic E-state index is 11.6. The summed E-state index contributed by atoms with van der Waals surface area (Å²) in [5.41, 5.74) is 0. The standard InChI is InChI=1S/C13H24N2O3/c1-4-12(15(5-2)10(3)16)11-6-8-14(9-7-11)13(17)18/h11-12H,4-9H2,1-3H3,(H,17,18). The molecule has 1 saturated heterocycles. The van der Waals surface area contributed by atoms with Crippen molar-refractivity contribution in [2.45, 2.75) is 46.1 Å². The minimum absolute atomic E-state index is 0.116. The van der Waals surface area contributed by atoms with Crippen molar-refractivity contribution in [2.75, 3.05) is 19.6 Å². The fraction of sp³-hybridized carbons (Fsp3) is 0.846. The van der Waals surface area contributed by atoms with Crippen molar-refractivity contribution in [3.8, 4) is 0 Å². The molecule has 0 aliphatic carbocycles. The van der Waals surface area contributed by atoms with Crippen LogP contribution in [0.15, 0.2) is 0 Å². The fourth-order valence-electron chi connectivity index (χ4n) is 2.97. The Labute approximate surface area is 109 Å². The van der Waals surface area contributed by atoms with Gasteiger partial charge in [-0.25, -0.2) is 4.79 Å². The highest BCUT2D eigenvalue weighted by Gasteiger charge is 2.31. The zero-order valence-corrected chi connectivity index (χ0v) is 11.6. The molecule has 0 aromatic carbocycles. The van der Waals surface area contributed by atoms with Gasteiger partial charge in [0, 0.05) is 32.6 Å². The fourth-order valence-corrected chi connectivity index (χ4v) is 2.97. The van der Waals surface area contributed by atoms with E-state index in [0.29, 0.717) is 19.0 Å². The van der Waals surface area contributed by atoms with Crippen LogP contribution in [-0.4, -0.2) is 52.6 Å². The summed E-state index contributed by atoms with van der Waals surface area (Å²) in [5.74, 6) is 0.541. The predicted octanol–water partition coefficient (Wildman–Crippen LogP) is 2.02. The Hall–Kier alpha value is -1.26. The predicted molar refractivity (Wildman–Crippen MR) is 69.5 cm³/mol. The van der Waals surface area contributed by atoms with E-state index >= 15 is 0 Å². The molecule has 1 atom stereocenters. The van der Waals surface area contributed by atoms with Crippen molar-refractivity contribution in [2.24, 2.45) is 5.92 Å². The highest BCUT2D eigenvalue weighted by atomic mass is 16.4. The topological polar surface area (TPSA) is 60.9 Å². The highest BCUT2D eigenvalue weighted by molar-refractivity contribution is 5.73. The number of carbonyl (C=O) groups excluding carboxylic acids is 1. The molecule has 0 bridgehead atoms. The van der Waals surface area contributed by atoms with E-state index in [1.165, 1.54) is 4.90 Å². The normalized spacial score (nSPS) is 18.5. The first-order valence-corrected chi connectivity index (χ1v) is 6.76. The van der Waals surface area contributed by atoms with Crippen LogP contribution in [0.1, 0.15) is 40.0 Å². The van der Waals surface area contributed by atoms with E-state index in [0.717, 1.165) is 25.8 Å². The van der Waals surface area contributed by atoms with Gasteiger partial charge in [0.05, 0.1) is 0 Å². The van der Waals surface area contributed by atoms with Crippen LogP contribution in [0.4, 0.5) is 4.79 Å². The Morgan fingerprint density at radius 1 is 1.33 bits per heavy atom. The van der Waals surface area contributed by atoms with Gasteiger partial charge in [0.2, 0.25) is 5.91 Å². The van der Waals surface area contributed by atoms with Gasteiger partial charge in [0.15, 0.2) is 0 Å². The molecule has 104 valence electrons. The van der Waals surface area contributed by atoms with Crippen molar-refractivity contribution < 1.29 is 14.7 Å². The maximum atomic E-state index is 11.6. The first kappa shape index (κ1) is 14.8. The third kappa shape index (κ3) is 3.37. The molecule has 1 aliphatic heterocycles. The molecule has 0 radical (unpaired) electrons. The average molecular weight is 256 g/mol. The molecule has 1 fully saturated rings. The quantitative estimate of drug-likeness (QED) is 0.837. The molecule has 1 N–H and O–H groups in total. The van der Waals surface area contributed by atoms with Crippen LogP contribution in [0, 0.1) is 5.92 Å². The number of carbonyl (C=O) groups is 2. The van der Waals surface area contributed by atoms with Gasteiger partial charge in [-0.3, -0.25) is 4.79 Å². The Morgan fingerprint density at radius 2 is 1.89 bits per heavy atom. The Bertz CT molecular complexity index is 299. The molecule has 0 aromatic rings. The van der Waals surface area contributed by atoms with E-state index in [-0.39, 0.29) is 11.9 Å². The summed E-state index contributed by atoms with van der Waals surface area (Å²) in [6.07, 6.45) is 1.81. The Balaban J connectivity index is 2.62. The van der Waals surface area contributed by atoms with Gasteiger partial charge in [0.1, 0.15) is 0 Å². The molecule has 1 aliphatic rings. The second kappa shape index (κ2) is 6.61. The number of hydrogen-bond acceptors (Lipinski definition) is 2. The molecule has 0 spiro atoms. The van der Waals surface area contributed by atoms with Crippen LogP contribution in [-0.2, 0) is 4.79 Å². The van der Waals surface area contributed by atoms with Crippen LogP contribution in [0.25, 0.3) is 0 Å². The van der Waals surface area contributed by atoms with Crippen LogP contribution >= 0.6 is 0 Å². The summed E-state index contributed by atoms with van der Waals surface area (Å²) < 4.78 is 0. The Morgan fingerprint density at radius 3 is 2.22 bits per heavy atom. The molecular weight excluding hydrogens is 232 g/mol. The first-order valence-electron chi connectivity index (χ1n) is 6.76. The SMILES string of the molecule is CCC(C1CCN(C(=O)O)CC1)N(CC)C(C)=O. The van der Waals surface area contributed by atoms with Crippen molar-refractivity contribution >= 4 is 12.0 Å². The summed E-state index contributed by atoms with van der Waals surface area (Å²) in [6, 6.07) is 0.253. The van der Waals surface area contributed by atoms with Crippen LogP contribution in [0.3, 0.4) is 0 Å². The molecule has 5 heteroatoms. The molecule has 1 rings (SSSR count). The first-order chi connectivity index (χ1) is 8.51. The van der Waals surface area contributed by atoms with Gasteiger partial charge in [-0.15, -0.1) is 0 Å². The van der Waals surface area contributed by atoms with Gasteiger partial charge in [0.25, 0.3) is 0 Å². The molecule has 1 unspecified atom stereocenters. The smallest absolute Gasteiger partial charge is 0.407 e. The van der Waals surface area contributed by atoms with Gasteiger partial charge in [-0.05, 0) is 32.1 Å². The minimum Gasteiger partial charge on any atom is -0.465 e. The monoisotopic (exact) mass is 256 g/mol. The molecule has 18 heavy (non-hydrogen) atoms. The lowest BCUT2D eigenvalue weighted by Crippen LogP contribution is -2.47. The molecular formula is C13H24N2O3. The highest BCUT2D eigenvalue weighted by Crippen LogP contribution is 2.26. The lowest BCUT2D eigenvalue weighted by Gasteiger charge is -2.39. The zero-order chi connectivity index (χ0) is 13.7. The lowest BCUT2D eigenvalue weighted by molar-refractivity contribution is -0.132. The summed E-state index contributed by atoms with van der Waals surface area (Å²) in [7, 11) is 0. The number of amides is 2. The number of rotatable bonds is 4. The largest absolute Gasteiger partial charge is 0.465 e. The van der Waals surface area contributed by atoms with E-state index in [4.69, 9.17) is 5.11 Å². The number of likely N-dealkylation sites (tertiary alicyclic amines) is 1. The number of nitrogens with zero attached hydrogens (tertiary/aromatic N) is 2. The van der Waals surface area contributed by atoms with E-state index in [9.17, 15) is 9.59 Å². The zero-order valence-electron chi connectivity index (χ0n) is 11.6. The second-order valence-corrected chi connectivity index (χ2v) is 4.89. The van der Waals surface area contributed by atoms with Crippen molar-refractivity contribution in [1.29, 1.82) is 0 Å². The average Bonchev–Trinajstić information content (AvgIpc) is 2.35. The van der Waals surface area contributed by atoms with E-state index in [1.54, 1.807) is 6.92 Å². The molecule has 0 saturated carbocycles. The lowest BCUT2D eigenvalue weighted by atomic mass is 9.87. The number of hydrogen-bond donors (Lipinski definition) is 1. The molecule has 2 amide bonds. The summed E-state index contributed by atoms with van der Waals surface area (Å²) in [4.78, 5) is 25.9. The van der Waals surface area contributed by atoms with Gasteiger partial charge in [-0.1, -0.05) is 6.92 Å². The maximum Gasteiger partial charge on any atom is 0.407 e. The van der Waals surface area contributed by atoms with E-state index in [1.807, 2.05) is 11.8 Å².